The molecule has 1 aliphatic rings. The molecule has 1 aliphatic heterocycles. The second kappa shape index (κ2) is 6.78. The highest BCUT2D eigenvalue weighted by Gasteiger charge is 2.52. The normalized spacial score (nSPS) is 15.3. The van der Waals surface area contributed by atoms with Crippen LogP contribution in [0, 0.1) is 0 Å². The summed E-state index contributed by atoms with van der Waals surface area (Å²) in [4.78, 5) is 36.9. The summed E-state index contributed by atoms with van der Waals surface area (Å²) < 4.78 is 15.3. The zero-order valence-electron chi connectivity index (χ0n) is 13.3. The Bertz CT molecular complexity index is 609. The molecule has 0 aromatic heterocycles. The first kappa shape index (κ1) is 17.0. The zero-order valence-corrected chi connectivity index (χ0v) is 13.3. The minimum absolute atomic E-state index is 0.0533. The van der Waals surface area contributed by atoms with Crippen LogP contribution in [-0.2, 0) is 34.0 Å². The third kappa shape index (κ3) is 3.19. The molecule has 1 aromatic carbocycles. The van der Waals surface area contributed by atoms with Crippen molar-refractivity contribution in [2.45, 2.75) is 19.3 Å². The van der Waals surface area contributed by atoms with Gasteiger partial charge in [0.2, 0.25) is 5.91 Å². The fourth-order valence-corrected chi connectivity index (χ4v) is 2.62. The van der Waals surface area contributed by atoms with Crippen LogP contribution in [0.25, 0.3) is 0 Å². The third-order valence-electron chi connectivity index (χ3n) is 3.67. The van der Waals surface area contributed by atoms with Gasteiger partial charge in [0.1, 0.15) is 25.4 Å². The molecule has 0 spiro atoms. The van der Waals surface area contributed by atoms with E-state index in [1.807, 2.05) is 0 Å². The van der Waals surface area contributed by atoms with E-state index in [9.17, 15) is 14.4 Å². The lowest BCUT2D eigenvalue weighted by Gasteiger charge is -2.27. The fraction of sp³-hybridized carbons (Fsp3) is 0.438. The number of rotatable bonds is 6. The van der Waals surface area contributed by atoms with Crippen LogP contribution < -0.4 is 4.90 Å². The highest BCUT2D eigenvalue weighted by molar-refractivity contribution is 6.08. The van der Waals surface area contributed by atoms with Crippen molar-refractivity contribution in [3.8, 4) is 0 Å². The molecule has 124 valence electrons. The molecule has 23 heavy (non-hydrogen) atoms. The van der Waals surface area contributed by atoms with Gasteiger partial charge in [-0.15, -0.1) is 0 Å². The van der Waals surface area contributed by atoms with Gasteiger partial charge in [-0.1, -0.05) is 18.2 Å². The topological polar surface area (TPSA) is 82.1 Å². The van der Waals surface area contributed by atoms with Gasteiger partial charge in [-0.25, -0.2) is 0 Å². The number of methoxy groups -OCH3 is 1. The van der Waals surface area contributed by atoms with Crippen molar-refractivity contribution in [1.29, 1.82) is 0 Å². The smallest absolute Gasteiger partial charge is 0.302 e. The highest BCUT2D eigenvalue weighted by atomic mass is 16.5. The predicted octanol–water partition coefficient (Wildman–Crippen LogP) is 1.00. The predicted molar refractivity (Wildman–Crippen MR) is 80.7 cm³/mol. The van der Waals surface area contributed by atoms with Crippen molar-refractivity contribution in [2.24, 2.45) is 0 Å². The summed E-state index contributed by atoms with van der Waals surface area (Å²) >= 11 is 0. The Hall–Kier alpha value is -2.41. The first-order valence-corrected chi connectivity index (χ1v) is 7.09. The summed E-state index contributed by atoms with van der Waals surface area (Å²) in [6.45, 7) is 2.17. The van der Waals surface area contributed by atoms with E-state index in [0.717, 1.165) is 0 Å². The fourth-order valence-electron chi connectivity index (χ4n) is 2.62. The Labute approximate surface area is 134 Å². The Morgan fingerprint density at radius 1 is 1.09 bits per heavy atom. The number of ether oxygens (including phenoxy) is 3. The quantitative estimate of drug-likeness (QED) is 0.727. The lowest BCUT2D eigenvalue weighted by molar-refractivity contribution is -0.150. The van der Waals surface area contributed by atoms with Crippen LogP contribution in [0.5, 0.6) is 0 Å². The van der Waals surface area contributed by atoms with Gasteiger partial charge < -0.3 is 14.2 Å². The largest absolute Gasteiger partial charge is 0.464 e. The summed E-state index contributed by atoms with van der Waals surface area (Å²) in [7, 11) is 1.48. The maximum absolute atomic E-state index is 13.0. The highest BCUT2D eigenvalue weighted by Crippen LogP contribution is 2.42. The summed E-state index contributed by atoms with van der Waals surface area (Å²) in [5.74, 6) is -1.35. The third-order valence-corrected chi connectivity index (χ3v) is 3.67. The molecule has 7 nitrogen and oxygen atoms in total. The Morgan fingerprint density at radius 3 is 2.17 bits per heavy atom. The van der Waals surface area contributed by atoms with Crippen LogP contribution in [-0.4, -0.2) is 44.9 Å². The van der Waals surface area contributed by atoms with Crippen LogP contribution in [0.1, 0.15) is 19.4 Å². The molecule has 0 aliphatic carbocycles. The lowest BCUT2D eigenvalue weighted by Crippen LogP contribution is -2.48. The van der Waals surface area contributed by atoms with Crippen LogP contribution in [0.3, 0.4) is 0 Å². The van der Waals surface area contributed by atoms with Crippen molar-refractivity contribution >= 4 is 23.5 Å². The molecule has 1 amide bonds. The number of esters is 2. The van der Waals surface area contributed by atoms with E-state index in [1.165, 1.54) is 25.9 Å². The van der Waals surface area contributed by atoms with Gasteiger partial charge in [-0.05, 0) is 11.6 Å². The van der Waals surface area contributed by atoms with E-state index < -0.39 is 17.4 Å². The first-order valence-electron chi connectivity index (χ1n) is 7.09. The van der Waals surface area contributed by atoms with Gasteiger partial charge in [0.05, 0.1) is 5.69 Å². The van der Waals surface area contributed by atoms with Gasteiger partial charge in [0.15, 0.2) is 0 Å². The number of para-hydroxylation sites is 1. The van der Waals surface area contributed by atoms with E-state index in [2.05, 4.69) is 0 Å². The van der Waals surface area contributed by atoms with Crippen molar-refractivity contribution in [2.75, 3.05) is 32.0 Å². The van der Waals surface area contributed by atoms with E-state index >= 15 is 0 Å². The van der Waals surface area contributed by atoms with Gasteiger partial charge in [0, 0.05) is 21.0 Å². The number of hydrogen-bond donors (Lipinski definition) is 0. The molecular formula is C16H19NO6. The average molecular weight is 321 g/mol. The summed E-state index contributed by atoms with van der Waals surface area (Å²) in [6, 6.07) is 7.10. The standard InChI is InChI=1S/C16H19NO6/c1-11(18)22-8-16(9-23-12(2)19)13-6-4-5-7-14(13)17(10-21-3)15(16)20/h4-7H,8-10H2,1-3H3. The van der Waals surface area contributed by atoms with Gasteiger partial charge in [-0.3, -0.25) is 19.3 Å². The lowest BCUT2D eigenvalue weighted by atomic mass is 9.83. The van der Waals surface area contributed by atoms with Crippen molar-refractivity contribution in [1.82, 2.24) is 0 Å². The number of amides is 1. The molecule has 0 atom stereocenters. The summed E-state index contributed by atoms with van der Waals surface area (Å²) in [5.41, 5.74) is 0.0372. The second-order valence-corrected chi connectivity index (χ2v) is 5.31. The van der Waals surface area contributed by atoms with E-state index in [4.69, 9.17) is 14.2 Å². The number of fused-ring (bicyclic) bond motifs is 1. The minimum atomic E-state index is -1.26. The molecule has 0 unspecified atom stereocenters. The first-order chi connectivity index (χ1) is 10.9. The Balaban J connectivity index is 2.47. The Morgan fingerprint density at radius 2 is 1.65 bits per heavy atom. The van der Waals surface area contributed by atoms with Gasteiger partial charge in [-0.2, -0.15) is 0 Å². The van der Waals surface area contributed by atoms with Crippen LogP contribution >= 0.6 is 0 Å². The maximum Gasteiger partial charge on any atom is 0.302 e. The van der Waals surface area contributed by atoms with Gasteiger partial charge >= 0.3 is 11.9 Å². The van der Waals surface area contributed by atoms with E-state index in [1.54, 1.807) is 24.3 Å². The summed E-state index contributed by atoms with van der Waals surface area (Å²) in [6.07, 6.45) is 0. The molecule has 0 N–H and O–H groups in total. The molecule has 1 heterocycles. The number of hydrogen-bond acceptors (Lipinski definition) is 6. The van der Waals surface area contributed by atoms with Crippen LogP contribution in [0.15, 0.2) is 24.3 Å². The number of carbonyl (C=O) groups excluding carboxylic acids is 3. The molecule has 0 radical (unpaired) electrons. The van der Waals surface area contributed by atoms with E-state index in [0.29, 0.717) is 11.3 Å². The number of nitrogens with zero attached hydrogens (tertiary/aromatic N) is 1. The molecule has 0 saturated heterocycles. The van der Waals surface area contributed by atoms with Gasteiger partial charge in [0.25, 0.3) is 0 Å². The summed E-state index contributed by atoms with van der Waals surface area (Å²) in [5, 5.41) is 0. The number of carbonyl (C=O) groups is 3. The van der Waals surface area contributed by atoms with E-state index in [-0.39, 0.29) is 25.9 Å². The van der Waals surface area contributed by atoms with Crippen LogP contribution in [0.4, 0.5) is 5.69 Å². The molecular weight excluding hydrogens is 302 g/mol. The maximum atomic E-state index is 13.0. The molecule has 1 aromatic rings. The molecule has 7 heteroatoms. The minimum Gasteiger partial charge on any atom is -0.464 e. The second-order valence-electron chi connectivity index (χ2n) is 5.31. The van der Waals surface area contributed by atoms with Crippen molar-refractivity contribution in [3.05, 3.63) is 29.8 Å². The van der Waals surface area contributed by atoms with Crippen molar-refractivity contribution < 1.29 is 28.6 Å². The molecule has 0 bridgehead atoms. The average Bonchev–Trinajstić information content (AvgIpc) is 2.74. The number of benzene rings is 1. The van der Waals surface area contributed by atoms with Crippen LogP contribution in [0.2, 0.25) is 0 Å². The Kier molecular flexibility index (Phi) is 5.00. The molecule has 2 rings (SSSR count). The zero-order chi connectivity index (χ0) is 17.0. The number of anilines is 1. The SMILES string of the molecule is COCN1C(=O)C(COC(C)=O)(COC(C)=O)c2ccccc21. The molecule has 0 fully saturated rings. The van der Waals surface area contributed by atoms with Crippen molar-refractivity contribution in [3.63, 3.8) is 0 Å². The monoisotopic (exact) mass is 321 g/mol. The molecule has 0 saturated carbocycles.